The lowest BCUT2D eigenvalue weighted by Gasteiger charge is -2.22. The molecule has 0 spiro atoms. The first-order chi connectivity index (χ1) is 7.35. The number of anilines is 1. The van der Waals surface area contributed by atoms with Crippen LogP contribution in [0.15, 0.2) is 6.07 Å². The van der Waals surface area contributed by atoms with Gasteiger partial charge in [-0.1, -0.05) is 0 Å². The van der Waals surface area contributed by atoms with Crippen LogP contribution in [-0.2, 0) is 4.79 Å². The molecular formula is C10H16N4O2. The molecule has 0 saturated heterocycles. The van der Waals surface area contributed by atoms with Crippen molar-refractivity contribution < 1.29 is 9.53 Å². The first kappa shape index (κ1) is 12.2. The summed E-state index contributed by atoms with van der Waals surface area (Å²) in [6.45, 7) is 5.13. The molecule has 1 aromatic rings. The summed E-state index contributed by atoms with van der Waals surface area (Å²) < 4.78 is 5.00. The number of aromatic nitrogens is 2. The summed E-state index contributed by atoms with van der Waals surface area (Å²) >= 11 is 0. The Morgan fingerprint density at radius 3 is 2.62 bits per heavy atom. The van der Waals surface area contributed by atoms with E-state index < -0.39 is 11.4 Å². The van der Waals surface area contributed by atoms with Crippen molar-refractivity contribution in [2.24, 2.45) is 5.73 Å². The molecule has 0 radical (unpaired) electrons. The van der Waals surface area contributed by atoms with Gasteiger partial charge in [0.2, 0.25) is 17.7 Å². The molecule has 3 N–H and O–H groups in total. The Balaban J connectivity index is 2.97. The highest BCUT2D eigenvalue weighted by Crippen LogP contribution is 2.15. The van der Waals surface area contributed by atoms with Crippen LogP contribution in [0.3, 0.4) is 0 Å². The van der Waals surface area contributed by atoms with Crippen LogP contribution < -0.4 is 15.8 Å². The molecule has 0 aliphatic rings. The Morgan fingerprint density at radius 2 is 2.12 bits per heavy atom. The highest BCUT2D eigenvalue weighted by molar-refractivity contribution is 5.86. The van der Waals surface area contributed by atoms with E-state index in [1.165, 1.54) is 7.11 Å². The third-order valence-corrected chi connectivity index (χ3v) is 2.08. The normalized spacial score (nSPS) is 11.0. The number of nitrogens with two attached hydrogens (primary N) is 1. The zero-order chi connectivity index (χ0) is 12.3. The maximum Gasteiger partial charge on any atom is 0.242 e. The van der Waals surface area contributed by atoms with Crippen molar-refractivity contribution in [2.75, 3.05) is 12.4 Å². The summed E-state index contributed by atoms with van der Waals surface area (Å²) in [6, 6.07) is 1.70. The first-order valence-corrected chi connectivity index (χ1v) is 4.83. The number of rotatable bonds is 4. The smallest absolute Gasteiger partial charge is 0.242 e. The van der Waals surface area contributed by atoms with E-state index in [-0.39, 0.29) is 0 Å². The third-order valence-electron chi connectivity index (χ3n) is 2.08. The van der Waals surface area contributed by atoms with E-state index in [9.17, 15) is 4.79 Å². The van der Waals surface area contributed by atoms with E-state index in [0.29, 0.717) is 11.8 Å². The third kappa shape index (κ3) is 2.82. The molecule has 0 saturated carbocycles. The number of hydrogen-bond acceptors (Lipinski definition) is 5. The molecule has 0 atom stereocenters. The summed E-state index contributed by atoms with van der Waals surface area (Å²) in [5, 5.41) is 2.86. The predicted molar refractivity (Wildman–Crippen MR) is 60.2 cm³/mol. The van der Waals surface area contributed by atoms with Crippen molar-refractivity contribution in [1.29, 1.82) is 0 Å². The Kier molecular flexibility index (Phi) is 3.31. The molecule has 0 aliphatic carbocycles. The van der Waals surface area contributed by atoms with Crippen molar-refractivity contribution in [1.82, 2.24) is 9.97 Å². The highest BCUT2D eigenvalue weighted by atomic mass is 16.5. The molecule has 6 heteroatoms. The molecule has 1 heterocycles. The zero-order valence-corrected chi connectivity index (χ0v) is 9.87. The molecule has 0 bridgehead atoms. The van der Waals surface area contributed by atoms with Crippen LogP contribution in [-0.4, -0.2) is 28.5 Å². The molecule has 6 nitrogen and oxygen atoms in total. The molecule has 0 unspecified atom stereocenters. The van der Waals surface area contributed by atoms with Crippen molar-refractivity contribution in [3.8, 4) is 5.88 Å². The molecule has 0 aliphatic heterocycles. The molecule has 1 rings (SSSR count). The van der Waals surface area contributed by atoms with Gasteiger partial charge in [0.15, 0.2) is 0 Å². The summed E-state index contributed by atoms with van der Waals surface area (Å²) in [6.07, 6.45) is 0. The van der Waals surface area contributed by atoms with Crippen LogP contribution in [0.1, 0.15) is 19.5 Å². The number of hydrogen-bond donors (Lipinski definition) is 2. The number of nitrogens with one attached hydrogen (secondary N) is 1. The minimum Gasteiger partial charge on any atom is -0.481 e. The van der Waals surface area contributed by atoms with Gasteiger partial charge in [0, 0.05) is 11.8 Å². The van der Waals surface area contributed by atoms with E-state index in [0.717, 1.165) is 5.69 Å². The van der Waals surface area contributed by atoms with Gasteiger partial charge in [-0.25, -0.2) is 4.98 Å². The van der Waals surface area contributed by atoms with Crippen molar-refractivity contribution in [3.63, 3.8) is 0 Å². The molecule has 88 valence electrons. The minimum atomic E-state index is -0.904. The highest BCUT2D eigenvalue weighted by Gasteiger charge is 2.25. The second-order valence-electron chi connectivity index (χ2n) is 3.99. The molecule has 1 aromatic heterocycles. The lowest BCUT2D eigenvalue weighted by molar-refractivity contribution is -0.121. The Labute approximate surface area is 94.2 Å². The fourth-order valence-corrected chi connectivity index (χ4v) is 1.04. The number of nitrogens with zero attached hydrogens (tertiary/aromatic N) is 2. The van der Waals surface area contributed by atoms with E-state index in [1.807, 2.05) is 6.92 Å². The second-order valence-corrected chi connectivity index (χ2v) is 3.99. The maximum absolute atomic E-state index is 11.1. The molecule has 1 amide bonds. The Hall–Kier alpha value is -1.85. The van der Waals surface area contributed by atoms with E-state index in [1.54, 1.807) is 19.9 Å². The standard InChI is InChI=1S/C10H16N4O2/c1-6-5-7(16-4)13-9(12-6)14-10(2,3)8(11)15/h5H,1-4H3,(H2,11,15)(H,12,13,14). The van der Waals surface area contributed by atoms with Crippen LogP contribution in [0.2, 0.25) is 0 Å². The maximum atomic E-state index is 11.1. The fraction of sp³-hybridized carbons (Fsp3) is 0.500. The number of amides is 1. The van der Waals surface area contributed by atoms with Crippen molar-refractivity contribution >= 4 is 11.9 Å². The van der Waals surface area contributed by atoms with Gasteiger partial charge in [-0.3, -0.25) is 4.79 Å². The monoisotopic (exact) mass is 224 g/mol. The summed E-state index contributed by atoms with van der Waals surface area (Å²) in [5.74, 6) is 0.285. The topological polar surface area (TPSA) is 90.1 Å². The summed E-state index contributed by atoms with van der Waals surface area (Å²) in [5.41, 5.74) is 5.08. The van der Waals surface area contributed by atoms with Gasteiger partial charge in [-0.15, -0.1) is 0 Å². The van der Waals surface area contributed by atoms with Crippen LogP contribution in [0.25, 0.3) is 0 Å². The number of carbonyl (C=O) groups is 1. The van der Waals surface area contributed by atoms with Crippen LogP contribution in [0, 0.1) is 6.92 Å². The average molecular weight is 224 g/mol. The molecule has 0 aromatic carbocycles. The average Bonchev–Trinajstić information content (AvgIpc) is 2.15. The molecular weight excluding hydrogens is 208 g/mol. The minimum absolute atomic E-state index is 0.320. The summed E-state index contributed by atoms with van der Waals surface area (Å²) in [4.78, 5) is 19.3. The van der Waals surface area contributed by atoms with E-state index in [2.05, 4.69) is 15.3 Å². The predicted octanol–water partition coefficient (Wildman–Crippen LogP) is 0.469. The fourth-order valence-electron chi connectivity index (χ4n) is 1.04. The zero-order valence-electron chi connectivity index (χ0n) is 9.87. The van der Waals surface area contributed by atoms with Gasteiger partial charge >= 0.3 is 0 Å². The number of methoxy groups -OCH3 is 1. The number of aryl methyl sites for hydroxylation is 1. The van der Waals surface area contributed by atoms with Crippen LogP contribution in [0.4, 0.5) is 5.95 Å². The van der Waals surface area contributed by atoms with Crippen LogP contribution in [0.5, 0.6) is 5.88 Å². The quantitative estimate of drug-likeness (QED) is 0.775. The van der Waals surface area contributed by atoms with Crippen LogP contribution >= 0.6 is 0 Å². The lowest BCUT2D eigenvalue weighted by atomic mass is 10.1. The van der Waals surface area contributed by atoms with Gasteiger partial charge in [-0.2, -0.15) is 4.98 Å². The van der Waals surface area contributed by atoms with Gasteiger partial charge in [0.1, 0.15) is 5.54 Å². The van der Waals surface area contributed by atoms with E-state index >= 15 is 0 Å². The van der Waals surface area contributed by atoms with Gasteiger partial charge < -0.3 is 15.8 Å². The lowest BCUT2D eigenvalue weighted by Crippen LogP contribution is -2.45. The number of ether oxygens (including phenoxy) is 1. The Bertz CT molecular complexity index is 404. The molecule has 0 fully saturated rings. The van der Waals surface area contributed by atoms with Gasteiger partial charge in [-0.05, 0) is 20.8 Å². The second kappa shape index (κ2) is 4.34. The van der Waals surface area contributed by atoms with Gasteiger partial charge in [0.25, 0.3) is 0 Å². The van der Waals surface area contributed by atoms with E-state index in [4.69, 9.17) is 10.5 Å². The van der Waals surface area contributed by atoms with Gasteiger partial charge in [0.05, 0.1) is 7.11 Å². The Morgan fingerprint density at radius 1 is 1.50 bits per heavy atom. The molecule has 16 heavy (non-hydrogen) atoms. The van der Waals surface area contributed by atoms with Crippen molar-refractivity contribution in [2.45, 2.75) is 26.3 Å². The number of carbonyl (C=O) groups excluding carboxylic acids is 1. The van der Waals surface area contributed by atoms with Crippen molar-refractivity contribution in [3.05, 3.63) is 11.8 Å². The summed E-state index contributed by atoms with van der Waals surface area (Å²) in [7, 11) is 1.52. The SMILES string of the molecule is COc1cc(C)nc(NC(C)(C)C(N)=O)n1. The first-order valence-electron chi connectivity index (χ1n) is 4.83. The number of primary amides is 1. The largest absolute Gasteiger partial charge is 0.481 e.